The summed E-state index contributed by atoms with van der Waals surface area (Å²) in [6.45, 7) is 2.29. The maximum atomic E-state index is 13.6. The van der Waals surface area contributed by atoms with E-state index in [1.807, 2.05) is 13.0 Å². The van der Waals surface area contributed by atoms with E-state index in [1.165, 1.54) is 12.1 Å². The highest BCUT2D eigenvalue weighted by Gasteiger charge is 2.74. The van der Waals surface area contributed by atoms with Crippen molar-refractivity contribution >= 4 is 23.0 Å². The predicted octanol–water partition coefficient (Wildman–Crippen LogP) is 7.71. The van der Waals surface area contributed by atoms with Gasteiger partial charge in [-0.1, -0.05) is 48.0 Å². The van der Waals surface area contributed by atoms with Crippen LogP contribution in [0, 0.1) is 5.82 Å². The molecule has 1 aliphatic heterocycles. The SMILES string of the molecule is CCOc1cccc(-c2ccc(C3CC(C(O)(C(F)(F)F)C(F)(F)F)=NN3c3ccc(F)cc3Cl)cc2)c1. The number of hydrogen-bond donors (Lipinski definition) is 1. The lowest BCUT2D eigenvalue weighted by molar-refractivity contribution is -0.338. The van der Waals surface area contributed by atoms with Gasteiger partial charge in [0.15, 0.2) is 0 Å². The molecule has 3 aromatic carbocycles. The van der Waals surface area contributed by atoms with Gasteiger partial charge >= 0.3 is 12.4 Å². The zero-order valence-electron chi connectivity index (χ0n) is 19.6. The van der Waals surface area contributed by atoms with Crippen LogP contribution in [0.2, 0.25) is 5.02 Å². The van der Waals surface area contributed by atoms with Crippen molar-refractivity contribution in [1.29, 1.82) is 0 Å². The molecule has 0 aliphatic carbocycles. The fraction of sp³-hybridized carbons (Fsp3) is 0.269. The van der Waals surface area contributed by atoms with Crippen molar-refractivity contribution in [2.45, 2.75) is 37.3 Å². The number of aliphatic hydroxyl groups is 1. The Morgan fingerprint density at radius 3 is 2.18 bits per heavy atom. The predicted molar refractivity (Wildman–Crippen MR) is 129 cm³/mol. The Kier molecular flexibility index (Phi) is 7.37. The zero-order valence-corrected chi connectivity index (χ0v) is 20.4. The summed E-state index contributed by atoms with van der Waals surface area (Å²) in [5.74, 6) is -0.141. The monoisotopic (exact) mass is 560 g/mol. The summed E-state index contributed by atoms with van der Waals surface area (Å²) in [6, 6.07) is 15.1. The molecule has 4 rings (SSSR count). The average molecular weight is 561 g/mol. The third kappa shape index (κ3) is 5.04. The van der Waals surface area contributed by atoms with Gasteiger partial charge in [-0.25, -0.2) is 4.39 Å². The lowest BCUT2D eigenvalue weighted by atomic mass is 9.89. The van der Waals surface area contributed by atoms with E-state index in [0.29, 0.717) is 23.5 Å². The number of halogens is 8. The van der Waals surface area contributed by atoms with Gasteiger partial charge in [0.2, 0.25) is 0 Å². The number of alkyl halides is 6. The number of anilines is 1. The summed E-state index contributed by atoms with van der Waals surface area (Å²) in [5, 5.41) is 14.1. The first kappa shape index (κ1) is 27.7. The van der Waals surface area contributed by atoms with Gasteiger partial charge < -0.3 is 9.84 Å². The van der Waals surface area contributed by atoms with Gasteiger partial charge in [0.05, 0.1) is 29.1 Å². The van der Waals surface area contributed by atoms with Crippen LogP contribution in [-0.4, -0.2) is 35.4 Å². The van der Waals surface area contributed by atoms with Gasteiger partial charge in [0, 0.05) is 6.42 Å². The van der Waals surface area contributed by atoms with Crippen molar-refractivity contribution in [2.24, 2.45) is 5.10 Å². The van der Waals surface area contributed by atoms with E-state index in [1.54, 1.807) is 30.3 Å². The smallest absolute Gasteiger partial charge is 0.431 e. The molecule has 1 unspecified atom stereocenters. The number of hydrogen-bond acceptors (Lipinski definition) is 4. The van der Waals surface area contributed by atoms with Crippen molar-refractivity contribution in [3.8, 4) is 16.9 Å². The normalized spacial score (nSPS) is 16.5. The first-order valence-corrected chi connectivity index (χ1v) is 11.6. The molecule has 4 nitrogen and oxygen atoms in total. The Hall–Kier alpha value is -3.31. The Labute approximate surface area is 217 Å². The van der Waals surface area contributed by atoms with Gasteiger partial charge in [0.1, 0.15) is 11.6 Å². The van der Waals surface area contributed by atoms with Crippen LogP contribution in [0.5, 0.6) is 5.75 Å². The number of hydrazone groups is 1. The van der Waals surface area contributed by atoms with Crippen LogP contribution in [0.3, 0.4) is 0 Å². The van der Waals surface area contributed by atoms with Crippen LogP contribution in [-0.2, 0) is 0 Å². The molecule has 12 heteroatoms. The minimum Gasteiger partial charge on any atom is -0.494 e. The number of nitrogens with zero attached hydrogens (tertiary/aromatic N) is 2. The number of benzene rings is 3. The first-order valence-electron chi connectivity index (χ1n) is 11.3. The molecule has 0 aromatic heterocycles. The Morgan fingerprint density at radius 1 is 0.947 bits per heavy atom. The molecular formula is C26H20ClF7N2O2. The molecule has 0 saturated heterocycles. The van der Waals surface area contributed by atoms with Gasteiger partial charge in [0.25, 0.3) is 5.60 Å². The van der Waals surface area contributed by atoms with Gasteiger partial charge in [-0.3, -0.25) is 5.01 Å². The molecule has 0 spiro atoms. The topological polar surface area (TPSA) is 45.1 Å². The molecule has 3 aromatic rings. The van der Waals surface area contributed by atoms with Crippen molar-refractivity contribution in [3.05, 3.63) is 83.1 Å². The molecule has 202 valence electrons. The van der Waals surface area contributed by atoms with Crippen molar-refractivity contribution in [1.82, 2.24) is 0 Å². The molecule has 0 saturated carbocycles. The molecular weight excluding hydrogens is 541 g/mol. The van der Waals surface area contributed by atoms with E-state index in [0.717, 1.165) is 28.8 Å². The van der Waals surface area contributed by atoms with Gasteiger partial charge in [-0.05, 0) is 53.9 Å². The van der Waals surface area contributed by atoms with Crippen LogP contribution in [0.25, 0.3) is 11.1 Å². The molecule has 38 heavy (non-hydrogen) atoms. The van der Waals surface area contributed by atoms with E-state index < -0.39 is 41.9 Å². The second-order valence-electron chi connectivity index (χ2n) is 8.50. The van der Waals surface area contributed by atoms with Crippen LogP contribution in [0.1, 0.15) is 24.9 Å². The average Bonchev–Trinajstić information content (AvgIpc) is 3.28. The van der Waals surface area contributed by atoms with Crippen LogP contribution in [0.4, 0.5) is 36.4 Å². The number of rotatable bonds is 6. The summed E-state index contributed by atoms with van der Waals surface area (Å²) in [7, 11) is 0. The van der Waals surface area contributed by atoms with Crippen LogP contribution in [0.15, 0.2) is 71.8 Å². The highest BCUT2D eigenvalue weighted by molar-refractivity contribution is 6.33. The van der Waals surface area contributed by atoms with E-state index in [-0.39, 0.29) is 10.7 Å². The standard InChI is InChI=1S/C26H20ClF7N2O2/c1-2-38-19-5-3-4-17(12-19)15-6-8-16(9-7-15)22-14-23(24(37,25(29,30)31)26(32,33)34)35-36(22)21-11-10-18(28)13-20(21)27/h3-13,22,37H,2,14H2,1H3. The Bertz CT molecular complexity index is 1330. The molecule has 1 N–H and O–H groups in total. The summed E-state index contributed by atoms with van der Waals surface area (Å²) in [4.78, 5) is 0. The fourth-order valence-corrected chi connectivity index (χ4v) is 4.45. The fourth-order valence-electron chi connectivity index (χ4n) is 4.20. The highest BCUT2D eigenvalue weighted by atomic mass is 35.5. The summed E-state index contributed by atoms with van der Waals surface area (Å²) in [6.07, 6.45) is -13.1. The van der Waals surface area contributed by atoms with E-state index >= 15 is 0 Å². The first-order chi connectivity index (χ1) is 17.8. The highest BCUT2D eigenvalue weighted by Crippen LogP contribution is 2.49. The molecule has 1 aliphatic rings. The summed E-state index contributed by atoms with van der Waals surface area (Å²) >= 11 is 6.08. The third-order valence-corrected chi connectivity index (χ3v) is 6.38. The zero-order chi connectivity index (χ0) is 27.9. The van der Waals surface area contributed by atoms with Crippen LogP contribution < -0.4 is 9.75 Å². The van der Waals surface area contributed by atoms with Crippen molar-refractivity contribution in [3.63, 3.8) is 0 Å². The van der Waals surface area contributed by atoms with E-state index in [4.69, 9.17) is 16.3 Å². The third-order valence-electron chi connectivity index (χ3n) is 6.08. The van der Waals surface area contributed by atoms with Crippen molar-refractivity contribution in [2.75, 3.05) is 11.6 Å². The maximum Gasteiger partial charge on any atom is 0.431 e. The van der Waals surface area contributed by atoms with E-state index in [9.17, 15) is 35.8 Å². The molecule has 1 heterocycles. The summed E-state index contributed by atoms with van der Waals surface area (Å²) < 4.78 is 101. The van der Waals surface area contributed by atoms with Gasteiger partial charge in [-0.15, -0.1) is 0 Å². The minimum atomic E-state index is -6.10. The number of ether oxygens (including phenoxy) is 1. The summed E-state index contributed by atoms with van der Waals surface area (Å²) in [5.41, 5.74) is -5.11. The molecule has 0 fully saturated rings. The Morgan fingerprint density at radius 2 is 1.61 bits per heavy atom. The minimum absolute atomic E-state index is 0.131. The molecule has 0 radical (unpaired) electrons. The molecule has 1 atom stereocenters. The van der Waals surface area contributed by atoms with Crippen molar-refractivity contribution < 1.29 is 40.6 Å². The molecule has 0 bridgehead atoms. The van der Waals surface area contributed by atoms with Crippen LogP contribution >= 0.6 is 11.6 Å². The van der Waals surface area contributed by atoms with Gasteiger partial charge in [-0.2, -0.15) is 31.4 Å². The second-order valence-corrected chi connectivity index (χ2v) is 8.90. The second kappa shape index (κ2) is 10.1. The van der Waals surface area contributed by atoms with E-state index in [2.05, 4.69) is 5.10 Å². The largest absolute Gasteiger partial charge is 0.494 e. The lowest BCUT2D eigenvalue weighted by Gasteiger charge is -2.32. The maximum absolute atomic E-state index is 13.6. The lowest BCUT2D eigenvalue weighted by Crippen LogP contribution is -2.62. The molecule has 0 amide bonds. The Balaban J connectivity index is 1.77. The quantitative estimate of drug-likeness (QED) is 0.314.